The van der Waals surface area contributed by atoms with Gasteiger partial charge in [0.15, 0.2) is 6.61 Å². The van der Waals surface area contributed by atoms with Crippen molar-refractivity contribution in [3.8, 4) is 11.5 Å². The van der Waals surface area contributed by atoms with E-state index in [1.165, 1.54) is 19.3 Å². The maximum Gasteiger partial charge on any atom is 0.260 e. The van der Waals surface area contributed by atoms with E-state index in [0.717, 1.165) is 37.9 Å². The van der Waals surface area contributed by atoms with E-state index in [2.05, 4.69) is 14.8 Å². The van der Waals surface area contributed by atoms with Gasteiger partial charge in [0, 0.05) is 51.5 Å². The number of carbonyl (C=O) groups excluding carboxylic acids is 1. The number of rotatable bonds is 6. The summed E-state index contributed by atoms with van der Waals surface area (Å²) in [5.74, 6) is 3.09. The average molecular weight is 412 g/mol. The third-order valence-corrected chi connectivity index (χ3v) is 5.63. The van der Waals surface area contributed by atoms with Crippen LogP contribution >= 0.6 is 0 Å². The minimum absolute atomic E-state index is 0.00540. The molecule has 30 heavy (non-hydrogen) atoms. The van der Waals surface area contributed by atoms with Gasteiger partial charge in [0.1, 0.15) is 17.3 Å². The molecule has 1 aromatic heterocycles. The molecule has 2 fully saturated rings. The SMILES string of the molecule is COc1cccc(OCC(=O)N2CCN(c3ccnc(N4CCCCC4)n3)CC2)c1. The Morgan fingerprint density at radius 3 is 2.50 bits per heavy atom. The number of amides is 1. The van der Waals surface area contributed by atoms with Gasteiger partial charge in [0.25, 0.3) is 5.91 Å². The maximum absolute atomic E-state index is 12.5. The fourth-order valence-corrected chi connectivity index (χ4v) is 3.87. The van der Waals surface area contributed by atoms with Crippen molar-refractivity contribution < 1.29 is 14.3 Å². The number of carbonyl (C=O) groups is 1. The zero-order valence-corrected chi connectivity index (χ0v) is 17.5. The summed E-state index contributed by atoms with van der Waals surface area (Å²) in [5, 5.41) is 0. The molecule has 2 aliphatic heterocycles. The van der Waals surface area contributed by atoms with Crippen LogP contribution in [0.4, 0.5) is 11.8 Å². The molecular formula is C22H29N5O3. The number of nitrogens with zero attached hydrogens (tertiary/aromatic N) is 5. The van der Waals surface area contributed by atoms with Gasteiger partial charge in [0.2, 0.25) is 5.95 Å². The van der Waals surface area contributed by atoms with E-state index >= 15 is 0 Å². The van der Waals surface area contributed by atoms with Crippen LogP contribution in [0.1, 0.15) is 19.3 Å². The Bertz CT molecular complexity index is 848. The molecule has 0 unspecified atom stereocenters. The lowest BCUT2D eigenvalue weighted by Crippen LogP contribution is -2.50. The minimum atomic E-state index is -0.00540. The molecule has 1 aromatic carbocycles. The second-order valence-corrected chi connectivity index (χ2v) is 7.60. The van der Waals surface area contributed by atoms with E-state index in [4.69, 9.17) is 14.5 Å². The van der Waals surface area contributed by atoms with Crippen molar-refractivity contribution in [1.29, 1.82) is 0 Å². The van der Waals surface area contributed by atoms with Crippen molar-refractivity contribution in [2.24, 2.45) is 0 Å². The second-order valence-electron chi connectivity index (χ2n) is 7.60. The lowest BCUT2D eigenvalue weighted by molar-refractivity contribution is -0.133. The number of benzene rings is 1. The molecule has 3 heterocycles. The number of methoxy groups -OCH3 is 1. The first kappa shape index (κ1) is 20.3. The van der Waals surface area contributed by atoms with Crippen LogP contribution in [0.15, 0.2) is 36.5 Å². The summed E-state index contributed by atoms with van der Waals surface area (Å²) in [4.78, 5) is 28.1. The zero-order valence-electron chi connectivity index (χ0n) is 17.5. The molecule has 0 atom stereocenters. The molecule has 2 saturated heterocycles. The smallest absolute Gasteiger partial charge is 0.260 e. The first-order chi connectivity index (χ1) is 14.7. The average Bonchev–Trinajstić information content (AvgIpc) is 2.83. The van der Waals surface area contributed by atoms with Gasteiger partial charge < -0.3 is 24.2 Å². The number of piperazine rings is 1. The van der Waals surface area contributed by atoms with Gasteiger partial charge in [-0.25, -0.2) is 4.98 Å². The molecule has 8 heteroatoms. The molecule has 0 saturated carbocycles. The topological polar surface area (TPSA) is 71.0 Å². The minimum Gasteiger partial charge on any atom is -0.497 e. The Hall–Kier alpha value is -3.03. The van der Waals surface area contributed by atoms with E-state index in [1.807, 2.05) is 35.4 Å². The standard InChI is InChI=1S/C22H29N5O3/c1-29-18-6-5-7-19(16-18)30-17-21(28)26-14-12-25(13-15-26)20-8-9-23-22(24-20)27-10-3-2-4-11-27/h5-9,16H,2-4,10-15,17H2,1H3. The van der Waals surface area contributed by atoms with Crippen LogP contribution in [-0.4, -0.2) is 73.8 Å². The summed E-state index contributed by atoms with van der Waals surface area (Å²) in [6.45, 7) is 4.90. The molecule has 0 N–H and O–H groups in total. The largest absolute Gasteiger partial charge is 0.497 e. The van der Waals surface area contributed by atoms with Crippen LogP contribution < -0.4 is 19.3 Å². The second kappa shape index (κ2) is 9.65. The summed E-state index contributed by atoms with van der Waals surface area (Å²) in [7, 11) is 1.61. The number of hydrogen-bond acceptors (Lipinski definition) is 7. The van der Waals surface area contributed by atoms with Crippen molar-refractivity contribution >= 4 is 17.7 Å². The molecule has 0 radical (unpaired) electrons. The molecule has 0 aliphatic carbocycles. The summed E-state index contributed by atoms with van der Waals surface area (Å²) in [6.07, 6.45) is 5.53. The quantitative estimate of drug-likeness (QED) is 0.722. The Morgan fingerprint density at radius 2 is 1.73 bits per heavy atom. The van der Waals surface area contributed by atoms with E-state index in [9.17, 15) is 4.79 Å². The molecule has 0 spiro atoms. The fraction of sp³-hybridized carbons (Fsp3) is 0.500. The van der Waals surface area contributed by atoms with Crippen LogP contribution in [0.3, 0.4) is 0 Å². The van der Waals surface area contributed by atoms with Crippen LogP contribution in [0.2, 0.25) is 0 Å². The van der Waals surface area contributed by atoms with Crippen LogP contribution in [-0.2, 0) is 4.79 Å². The van der Waals surface area contributed by atoms with Gasteiger partial charge in [-0.2, -0.15) is 4.98 Å². The lowest BCUT2D eigenvalue weighted by Gasteiger charge is -2.35. The third-order valence-electron chi connectivity index (χ3n) is 5.63. The summed E-state index contributed by atoms with van der Waals surface area (Å²) < 4.78 is 10.8. The van der Waals surface area contributed by atoms with Crippen molar-refractivity contribution in [3.05, 3.63) is 36.5 Å². The van der Waals surface area contributed by atoms with Gasteiger partial charge in [-0.3, -0.25) is 4.79 Å². The third kappa shape index (κ3) is 4.93. The fourth-order valence-electron chi connectivity index (χ4n) is 3.87. The van der Waals surface area contributed by atoms with Gasteiger partial charge >= 0.3 is 0 Å². The van der Waals surface area contributed by atoms with Crippen LogP contribution in [0.25, 0.3) is 0 Å². The highest BCUT2D eigenvalue weighted by Gasteiger charge is 2.23. The summed E-state index contributed by atoms with van der Waals surface area (Å²) >= 11 is 0. The van der Waals surface area contributed by atoms with Crippen molar-refractivity contribution in [2.45, 2.75) is 19.3 Å². The molecular weight excluding hydrogens is 382 g/mol. The predicted molar refractivity (Wildman–Crippen MR) is 115 cm³/mol. The van der Waals surface area contributed by atoms with Gasteiger partial charge in [-0.05, 0) is 37.5 Å². The Labute approximate surface area is 177 Å². The first-order valence-corrected chi connectivity index (χ1v) is 10.6. The lowest BCUT2D eigenvalue weighted by atomic mass is 10.1. The molecule has 8 nitrogen and oxygen atoms in total. The Balaban J connectivity index is 1.28. The van der Waals surface area contributed by atoms with E-state index in [-0.39, 0.29) is 12.5 Å². The molecule has 160 valence electrons. The van der Waals surface area contributed by atoms with Crippen LogP contribution in [0.5, 0.6) is 11.5 Å². The molecule has 0 bridgehead atoms. The maximum atomic E-state index is 12.5. The summed E-state index contributed by atoms with van der Waals surface area (Å²) in [5.41, 5.74) is 0. The number of anilines is 2. The van der Waals surface area contributed by atoms with Crippen molar-refractivity contribution in [1.82, 2.24) is 14.9 Å². The highest BCUT2D eigenvalue weighted by Crippen LogP contribution is 2.21. The highest BCUT2D eigenvalue weighted by molar-refractivity contribution is 5.78. The zero-order chi connectivity index (χ0) is 20.8. The Kier molecular flexibility index (Phi) is 6.51. The number of aromatic nitrogens is 2. The predicted octanol–water partition coefficient (Wildman–Crippen LogP) is 2.20. The van der Waals surface area contributed by atoms with E-state index in [1.54, 1.807) is 13.2 Å². The van der Waals surface area contributed by atoms with E-state index in [0.29, 0.717) is 24.6 Å². The van der Waals surface area contributed by atoms with Crippen molar-refractivity contribution in [3.63, 3.8) is 0 Å². The molecule has 1 amide bonds. The highest BCUT2D eigenvalue weighted by atomic mass is 16.5. The molecule has 2 aliphatic rings. The number of ether oxygens (including phenoxy) is 2. The first-order valence-electron chi connectivity index (χ1n) is 10.6. The van der Waals surface area contributed by atoms with Gasteiger partial charge in [0.05, 0.1) is 7.11 Å². The van der Waals surface area contributed by atoms with Gasteiger partial charge in [-0.1, -0.05) is 6.07 Å². The van der Waals surface area contributed by atoms with Crippen LogP contribution in [0, 0.1) is 0 Å². The van der Waals surface area contributed by atoms with Gasteiger partial charge in [-0.15, -0.1) is 0 Å². The molecule has 4 rings (SSSR count). The summed E-state index contributed by atoms with van der Waals surface area (Å²) in [6, 6.07) is 9.24. The normalized spacial score (nSPS) is 17.0. The van der Waals surface area contributed by atoms with E-state index < -0.39 is 0 Å². The monoisotopic (exact) mass is 411 g/mol. The number of piperidine rings is 1. The molecule has 2 aromatic rings. The van der Waals surface area contributed by atoms with Crippen molar-refractivity contribution in [2.75, 3.05) is 62.8 Å². The number of hydrogen-bond donors (Lipinski definition) is 0. The Morgan fingerprint density at radius 1 is 0.967 bits per heavy atom.